The first-order valence-electron chi connectivity index (χ1n) is 6.24. The van der Waals surface area contributed by atoms with Gasteiger partial charge in [-0.2, -0.15) is 0 Å². The highest BCUT2D eigenvalue weighted by Gasteiger charge is 2.05. The van der Waals surface area contributed by atoms with E-state index < -0.39 is 0 Å². The van der Waals surface area contributed by atoms with Crippen molar-refractivity contribution < 1.29 is 0 Å². The van der Waals surface area contributed by atoms with Crippen LogP contribution in [0, 0.1) is 0 Å². The molecule has 1 heterocycles. The fourth-order valence-electron chi connectivity index (χ4n) is 1.97. The van der Waals surface area contributed by atoms with Gasteiger partial charge in [0, 0.05) is 19.3 Å². The largest absolute Gasteiger partial charge is 0.384 e. The summed E-state index contributed by atoms with van der Waals surface area (Å²) in [5.41, 5.74) is 8.24. The highest BCUT2D eigenvalue weighted by molar-refractivity contribution is 5.31. The molecule has 0 bridgehead atoms. The minimum absolute atomic E-state index is 0.586. The molecule has 0 radical (unpaired) electrons. The molecule has 0 unspecified atom stereocenters. The molecule has 2 aromatic rings. The van der Waals surface area contributed by atoms with Crippen molar-refractivity contribution in [1.29, 1.82) is 0 Å². The molecule has 94 valence electrons. The lowest BCUT2D eigenvalue weighted by molar-refractivity contribution is 0.271. The van der Waals surface area contributed by atoms with Gasteiger partial charge in [-0.1, -0.05) is 37.3 Å². The first-order valence-corrected chi connectivity index (χ1v) is 6.24. The van der Waals surface area contributed by atoms with Gasteiger partial charge in [-0.15, -0.1) is 0 Å². The normalized spacial score (nSPS) is 10.8. The number of pyridine rings is 1. The Balaban J connectivity index is 2.01. The van der Waals surface area contributed by atoms with Crippen LogP contribution in [0.1, 0.15) is 18.1 Å². The van der Waals surface area contributed by atoms with Crippen molar-refractivity contribution in [2.24, 2.45) is 0 Å². The number of nitrogens with zero attached hydrogens (tertiary/aromatic N) is 2. The molecule has 1 aromatic carbocycles. The van der Waals surface area contributed by atoms with Gasteiger partial charge in [0.15, 0.2) is 0 Å². The molecule has 0 fully saturated rings. The number of benzene rings is 1. The molecule has 0 saturated heterocycles. The Kier molecular flexibility index (Phi) is 4.31. The summed E-state index contributed by atoms with van der Waals surface area (Å²) in [6.07, 6.45) is 1.76. The molecular formula is C15H19N3. The van der Waals surface area contributed by atoms with Gasteiger partial charge >= 0.3 is 0 Å². The maximum Gasteiger partial charge on any atom is 0.123 e. The fourth-order valence-corrected chi connectivity index (χ4v) is 1.97. The van der Waals surface area contributed by atoms with E-state index in [4.69, 9.17) is 5.73 Å². The van der Waals surface area contributed by atoms with Gasteiger partial charge in [0.1, 0.15) is 5.82 Å². The van der Waals surface area contributed by atoms with Crippen LogP contribution in [0.25, 0.3) is 0 Å². The minimum Gasteiger partial charge on any atom is -0.384 e. The Hall–Kier alpha value is -1.87. The summed E-state index contributed by atoms with van der Waals surface area (Å²) < 4.78 is 0. The van der Waals surface area contributed by atoms with Crippen LogP contribution in [0.4, 0.5) is 5.82 Å². The molecule has 2 rings (SSSR count). The summed E-state index contributed by atoms with van der Waals surface area (Å²) in [5, 5.41) is 0. The third-order valence-electron chi connectivity index (χ3n) is 2.95. The van der Waals surface area contributed by atoms with E-state index in [1.54, 1.807) is 6.20 Å². The lowest BCUT2D eigenvalue weighted by atomic mass is 10.2. The van der Waals surface area contributed by atoms with Gasteiger partial charge in [0.2, 0.25) is 0 Å². The fraction of sp³-hybridized carbons (Fsp3) is 0.267. The molecule has 0 amide bonds. The number of nitrogens with two attached hydrogens (primary N) is 1. The van der Waals surface area contributed by atoms with Crippen LogP contribution >= 0.6 is 0 Å². The lowest BCUT2D eigenvalue weighted by Crippen LogP contribution is -2.22. The third kappa shape index (κ3) is 3.57. The van der Waals surface area contributed by atoms with Crippen molar-refractivity contribution in [3.63, 3.8) is 0 Å². The van der Waals surface area contributed by atoms with Crippen LogP contribution < -0.4 is 5.73 Å². The smallest absolute Gasteiger partial charge is 0.123 e. The molecule has 0 spiro atoms. The van der Waals surface area contributed by atoms with E-state index in [0.29, 0.717) is 5.82 Å². The van der Waals surface area contributed by atoms with E-state index in [1.807, 2.05) is 18.2 Å². The standard InChI is InChI=1S/C15H19N3/c1-2-18(11-13-6-4-3-5-7-13)12-14-8-9-17-15(16)10-14/h3-10H,2,11-12H2,1H3,(H2,16,17). The zero-order valence-corrected chi connectivity index (χ0v) is 10.7. The van der Waals surface area contributed by atoms with Crippen LogP contribution in [-0.2, 0) is 13.1 Å². The maximum absolute atomic E-state index is 5.70. The highest BCUT2D eigenvalue weighted by atomic mass is 15.1. The van der Waals surface area contributed by atoms with E-state index in [0.717, 1.165) is 19.6 Å². The molecule has 0 saturated carbocycles. The molecular weight excluding hydrogens is 222 g/mol. The number of anilines is 1. The van der Waals surface area contributed by atoms with Gasteiger partial charge in [-0.05, 0) is 29.8 Å². The summed E-state index contributed by atoms with van der Waals surface area (Å²) >= 11 is 0. The summed E-state index contributed by atoms with van der Waals surface area (Å²) in [7, 11) is 0. The Bertz CT molecular complexity index is 482. The predicted molar refractivity (Wildman–Crippen MR) is 74.9 cm³/mol. The Morgan fingerprint density at radius 2 is 1.78 bits per heavy atom. The third-order valence-corrected chi connectivity index (χ3v) is 2.95. The van der Waals surface area contributed by atoms with Crippen molar-refractivity contribution in [2.45, 2.75) is 20.0 Å². The van der Waals surface area contributed by atoms with Crippen molar-refractivity contribution in [3.8, 4) is 0 Å². The van der Waals surface area contributed by atoms with E-state index in [9.17, 15) is 0 Å². The van der Waals surface area contributed by atoms with Gasteiger partial charge < -0.3 is 5.73 Å². The van der Waals surface area contributed by atoms with Crippen LogP contribution in [0.2, 0.25) is 0 Å². The van der Waals surface area contributed by atoms with Crippen LogP contribution in [0.15, 0.2) is 48.7 Å². The van der Waals surface area contributed by atoms with Crippen molar-refractivity contribution >= 4 is 5.82 Å². The van der Waals surface area contributed by atoms with Crippen LogP contribution in [0.3, 0.4) is 0 Å². The summed E-state index contributed by atoms with van der Waals surface area (Å²) in [5.74, 6) is 0.586. The Morgan fingerprint density at radius 1 is 1.06 bits per heavy atom. The molecule has 0 aliphatic rings. The molecule has 18 heavy (non-hydrogen) atoms. The first kappa shape index (κ1) is 12.6. The monoisotopic (exact) mass is 241 g/mol. The van der Waals surface area contributed by atoms with Crippen molar-refractivity contribution in [3.05, 3.63) is 59.8 Å². The average molecular weight is 241 g/mol. The van der Waals surface area contributed by atoms with Crippen molar-refractivity contribution in [2.75, 3.05) is 12.3 Å². The summed E-state index contributed by atoms with van der Waals surface area (Å²) in [6.45, 7) is 5.04. The van der Waals surface area contributed by atoms with Gasteiger partial charge in [-0.3, -0.25) is 4.90 Å². The first-order chi connectivity index (χ1) is 8.78. The molecule has 0 aliphatic heterocycles. The predicted octanol–water partition coefficient (Wildman–Crippen LogP) is 2.69. The van der Waals surface area contributed by atoms with Crippen LogP contribution in [0.5, 0.6) is 0 Å². The minimum atomic E-state index is 0.586. The highest BCUT2D eigenvalue weighted by Crippen LogP contribution is 2.10. The SMILES string of the molecule is CCN(Cc1ccccc1)Cc1ccnc(N)c1. The number of aromatic nitrogens is 1. The number of rotatable bonds is 5. The van der Waals surface area contributed by atoms with E-state index in [-0.39, 0.29) is 0 Å². The van der Waals surface area contributed by atoms with E-state index in [2.05, 4.69) is 41.1 Å². The zero-order chi connectivity index (χ0) is 12.8. The summed E-state index contributed by atoms with van der Waals surface area (Å²) in [4.78, 5) is 6.40. The van der Waals surface area contributed by atoms with Gasteiger partial charge in [0.25, 0.3) is 0 Å². The summed E-state index contributed by atoms with van der Waals surface area (Å²) in [6, 6.07) is 14.5. The molecule has 0 aliphatic carbocycles. The van der Waals surface area contributed by atoms with Crippen LogP contribution in [-0.4, -0.2) is 16.4 Å². The molecule has 2 N–H and O–H groups in total. The van der Waals surface area contributed by atoms with Gasteiger partial charge in [0.05, 0.1) is 0 Å². The number of nitrogen functional groups attached to an aromatic ring is 1. The maximum atomic E-state index is 5.70. The van der Waals surface area contributed by atoms with Crippen molar-refractivity contribution in [1.82, 2.24) is 9.88 Å². The quantitative estimate of drug-likeness (QED) is 0.875. The molecule has 3 nitrogen and oxygen atoms in total. The molecule has 0 atom stereocenters. The van der Waals surface area contributed by atoms with Gasteiger partial charge in [-0.25, -0.2) is 4.98 Å². The number of hydrogen-bond acceptors (Lipinski definition) is 3. The Labute approximate surface area is 108 Å². The average Bonchev–Trinajstić information content (AvgIpc) is 2.39. The second-order valence-corrected chi connectivity index (χ2v) is 4.38. The molecule has 1 aromatic heterocycles. The zero-order valence-electron chi connectivity index (χ0n) is 10.7. The molecule has 3 heteroatoms. The number of hydrogen-bond donors (Lipinski definition) is 1. The Morgan fingerprint density at radius 3 is 2.44 bits per heavy atom. The van der Waals surface area contributed by atoms with E-state index >= 15 is 0 Å². The second-order valence-electron chi connectivity index (χ2n) is 4.38. The second kappa shape index (κ2) is 6.17. The topological polar surface area (TPSA) is 42.2 Å². The lowest BCUT2D eigenvalue weighted by Gasteiger charge is -2.20. The van der Waals surface area contributed by atoms with E-state index in [1.165, 1.54) is 11.1 Å².